The lowest BCUT2D eigenvalue weighted by Crippen LogP contribution is -2.25. The normalized spacial score (nSPS) is 15.5. The lowest BCUT2D eigenvalue weighted by molar-refractivity contribution is -0.115. The molecule has 0 spiro atoms. The number of nitrogens with zero attached hydrogens (tertiary/aromatic N) is 2. The van der Waals surface area contributed by atoms with Crippen LogP contribution in [0.15, 0.2) is 65.4 Å². The lowest BCUT2D eigenvalue weighted by Gasteiger charge is -2.05. The number of rotatable bonds is 5. The molecule has 2 aromatic rings. The van der Waals surface area contributed by atoms with E-state index in [1.807, 2.05) is 48.5 Å². The Morgan fingerprint density at radius 3 is 2.68 bits per heavy atom. The van der Waals surface area contributed by atoms with Gasteiger partial charge in [0, 0.05) is 12.6 Å². The van der Waals surface area contributed by atoms with Gasteiger partial charge in [-0.15, -0.1) is 0 Å². The quantitative estimate of drug-likeness (QED) is 0.861. The number of para-hydroxylation sites is 1. The Morgan fingerprint density at radius 1 is 1.09 bits per heavy atom. The fraction of sp³-hybridized carbons (Fsp3) is 0.118. The molecular weight excluding hydrogens is 278 g/mol. The smallest absolute Gasteiger partial charge is 0.275 e. The van der Waals surface area contributed by atoms with E-state index in [0.717, 1.165) is 5.75 Å². The van der Waals surface area contributed by atoms with E-state index in [1.165, 1.54) is 0 Å². The third-order valence-electron chi connectivity index (χ3n) is 3.07. The summed E-state index contributed by atoms with van der Waals surface area (Å²) in [6, 6.07) is 15.1. The molecule has 110 valence electrons. The zero-order valence-electron chi connectivity index (χ0n) is 11.9. The molecule has 5 nitrogen and oxygen atoms in total. The number of ether oxygens (including phenoxy) is 1. The lowest BCUT2D eigenvalue weighted by atomic mass is 10.3. The first kappa shape index (κ1) is 14.0. The number of hydrogen-bond acceptors (Lipinski definition) is 4. The largest absolute Gasteiger partial charge is 0.493 e. The minimum absolute atomic E-state index is 0.208. The Morgan fingerprint density at radius 2 is 1.91 bits per heavy atom. The summed E-state index contributed by atoms with van der Waals surface area (Å²) in [5.74, 6) is 1.21. The summed E-state index contributed by atoms with van der Waals surface area (Å²) in [5, 5.41) is 2.75. The number of pyridine rings is 1. The van der Waals surface area contributed by atoms with Gasteiger partial charge in [0.15, 0.2) is 0 Å². The molecule has 1 aliphatic rings. The van der Waals surface area contributed by atoms with Crippen LogP contribution in [0, 0.1) is 0 Å². The molecule has 1 N–H and O–H groups in total. The van der Waals surface area contributed by atoms with Crippen LogP contribution in [-0.4, -0.2) is 23.3 Å². The van der Waals surface area contributed by atoms with E-state index in [4.69, 9.17) is 4.74 Å². The van der Waals surface area contributed by atoms with E-state index in [1.54, 1.807) is 12.3 Å². The molecule has 0 unspecified atom stereocenters. The van der Waals surface area contributed by atoms with Gasteiger partial charge in [-0.1, -0.05) is 24.3 Å². The Bertz CT molecular complexity index is 709. The molecule has 1 aromatic carbocycles. The van der Waals surface area contributed by atoms with Crippen molar-refractivity contribution in [3.8, 4) is 5.75 Å². The summed E-state index contributed by atoms with van der Waals surface area (Å²) in [5.41, 5.74) is 1.08. The number of hydrogen-bond donors (Lipinski definition) is 1. The molecular formula is C17H15N3O2. The third-order valence-corrected chi connectivity index (χ3v) is 3.07. The van der Waals surface area contributed by atoms with Gasteiger partial charge in [0.05, 0.1) is 12.3 Å². The first-order valence-corrected chi connectivity index (χ1v) is 7.01. The van der Waals surface area contributed by atoms with Gasteiger partial charge < -0.3 is 10.1 Å². The number of carbonyl (C=O) groups excluding carboxylic acids is 1. The topological polar surface area (TPSA) is 63.6 Å². The van der Waals surface area contributed by atoms with Crippen LogP contribution >= 0.6 is 0 Å². The first-order chi connectivity index (χ1) is 10.8. The highest BCUT2D eigenvalue weighted by molar-refractivity contribution is 6.14. The highest BCUT2D eigenvalue weighted by Crippen LogP contribution is 2.12. The molecule has 1 aliphatic heterocycles. The monoisotopic (exact) mass is 293 g/mol. The molecule has 0 saturated carbocycles. The van der Waals surface area contributed by atoms with E-state index in [2.05, 4.69) is 15.3 Å². The molecule has 0 fully saturated rings. The van der Waals surface area contributed by atoms with Crippen molar-refractivity contribution in [2.24, 2.45) is 4.99 Å². The van der Waals surface area contributed by atoms with Crippen LogP contribution in [0.1, 0.15) is 12.1 Å². The van der Waals surface area contributed by atoms with Gasteiger partial charge in [-0.2, -0.15) is 0 Å². The maximum atomic E-state index is 11.9. The highest BCUT2D eigenvalue weighted by atomic mass is 16.5. The van der Waals surface area contributed by atoms with Crippen molar-refractivity contribution in [1.29, 1.82) is 0 Å². The van der Waals surface area contributed by atoms with E-state index in [0.29, 0.717) is 30.3 Å². The van der Waals surface area contributed by atoms with Gasteiger partial charge in [-0.05, 0) is 30.3 Å². The molecule has 5 heteroatoms. The molecule has 0 bridgehead atoms. The van der Waals surface area contributed by atoms with E-state index >= 15 is 0 Å². The van der Waals surface area contributed by atoms with Crippen molar-refractivity contribution in [3.63, 3.8) is 0 Å². The zero-order chi connectivity index (χ0) is 15.2. The molecule has 0 atom stereocenters. The van der Waals surface area contributed by atoms with Crippen molar-refractivity contribution in [2.75, 3.05) is 6.61 Å². The molecule has 0 aliphatic carbocycles. The van der Waals surface area contributed by atoms with E-state index < -0.39 is 0 Å². The van der Waals surface area contributed by atoms with Crippen LogP contribution in [0.4, 0.5) is 0 Å². The second-order valence-electron chi connectivity index (χ2n) is 4.71. The Balaban J connectivity index is 1.60. The number of aliphatic imine (C=N–C) groups is 1. The van der Waals surface area contributed by atoms with Crippen molar-refractivity contribution in [1.82, 2.24) is 10.3 Å². The number of benzene rings is 1. The number of amidine groups is 1. The van der Waals surface area contributed by atoms with Crippen molar-refractivity contribution < 1.29 is 9.53 Å². The van der Waals surface area contributed by atoms with E-state index in [9.17, 15) is 4.79 Å². The molecule has 0 radical (unpaired) electrons. The predicted molar refractivity (Wildman–Crippen MR) is 84.3 cm³/mol. The number of carbonyl (C=O) groups is 1. The van der Waals surface area contributed by atoms with Crippen LogP contribution in [0.5, 0.6) is 5.75 Å². The molecule has 2 heterocycles. The molecule has 1 amide bonds. The van der Waals surface area contributed by atoms with Crippen LogP contribution < -0.4 is 10.1 Å². The highest BCUT2D eigenvalue weighted by Gasteiger charge is 2.19. The molecule has 1 aromatic heterocycles. The van der Waals surface area contributed by atoms with Gasteiger partial charge in [-0.25, -0.2) is 4.99 Å². The number of amides is 1. The fourth-order valence-corrected chi connectivity index (χ4v) is 2.02. The summed E-state index contributed by atoms with van der Waals surface area (Å²) in [4.78, 5) is 20.3. The standard InChI is InChI=1S/C17H15N3O2/c21-17-15(12-13-6-4-5-10-18-13)19-16(20-17)9-11-22-14-7-2-1-3-8-14/h1-8,10,12H,9,11H2,(H,19,20,21)/b15-12+. The van der Waals surface area contributed by atoms with Gasteiger partial charge in [0.25, 0.3) is 5.91 Å². The van der Waals surface area contributed by atoms with Crippen LogP contribution in [0.25, 0.3) is 6.08 Å². The summed E-state index contributed by atoms with van der Waals surface area (Å²) in [7, 11) is 0. The molecule has 22 heavy (non-hydrogen) atoms. The van der Waals surface area contributed by atoms with Gasteiger partial charge in [0.2, 0.25) is 0 Å². The average molecular weight is 293 g/mol. The van der Waals surface area contributed by atoms with Crippen molar-refractivity contribution >= 4 is 17.8 Å². The predicted octanol–water partition coefficient (Wildman–Crippen LogP) is 2.42. The zero-order valence-corrected chi connectivity index (χ0v) is 11.9. The Hall–Kier alpha value is -2.95. The van der Waals surface area contributed by atoms with Gasteiger partial charge in [0.1, 0.15) is 17.3 Å². The minimum atomic E-state index is -0.208. The molecule has 0 saturated heterocycles. The van der Waals surface area contributed by atoms with Crippen molar-refractivity contribution in [3.05, 3.63) is 66.1 Å². The maximum Gasteiger partial charge on any atom is 0.275 e. The van der Waals surface area contributed by atoms with E-state index in [-0.39, 0.29) is 5.91 Å². The second-order valence-corrected chi connectivity index (χ2v) is 4.71. The Labute approximate surface area is 128 Å². The summed E-state index contributed by atoms with van der Waals surface area (Å²) >= 11 is 0. The summed E-state index contributed by atoms with van der Waals surface area (Å²) in [6.45, 7) is 0.458. The molecule has 3 rings (SSSR count). The first-order valence-electron chi connectivity index (χ1n) is 7.01. The summed E-state index contributed by atoms with van der Waals surface area (Å²) < 4.78 is 5.59. The van der Waals surface area contributed by atoms with Gasteiger partial charge in [-0.3, -0.25) is 9.78 Å². The third kappa shape index (κ3) is 3.58. The minimum Gasteiger partial charge on any atom is -0.493 e. The number of aromatic nitrogens is 1. The number of nitrogens with one attached hydrogen (secondary N) is 1. The maximum absolute atomic E-state index is 11.9. The van der Waals surface area contributed by atoms with Crippen LogP contribution in [0.2, 0.25) is 0 Å². The van der Waals surface area contributed by atoms with Crippen molar-refractivity contribution in [2.45, 2.75) is 6.42 Å². The second kappa shape index (κ2) is 6.67. The SMILES string of the molecule is O=C1NC(CCOc2ccccc2)=N/C1=C/c1ccccn1. The van der Waals surface area contributed by atoms with Crippen LogP contribution in [0.3, 0.4) is 0 Å². The van der Waals surface area contributed by atoms with Gasteiger partial charge >= 0.3 is 0 Å². The Kier molecular flexibility index (Phi) is 4.25. The fourth-order valence-electron chi connectivity index (χ4n) is 2.02. The van der Waals surface area contributed by atoms with Crippen LogP contribution in [-0.2, 0) is 4.79 Å². The summed E-state index contributed by atoms with van der Waals surface area (Å²) in [6.07, 6.45) is 3.89. The average Bonchev–Trinajstić information content (AvgIpc) is 2.89.